The van der Waals surface area contributed by atoms with Gasteiger partial charge in [-0.15, -0.1) is 0 Å². The van der Waals surface area contributed by atoms with Crippen LogP contribution in [0, 0.1) is 11.8 Å². The van der Waals surface area contributed by atoms with Gasteiger partial charge >= 0.3 is 5.97 Å². The highest BCUT2D eigenvalue weighted by molar-refractivity contribution is 5.70. The van der Waals surface area contributed by atoms with Crippen molar-refractivity contribution in [3.63, 3.8) is 0 Å². The standard InChI is InChI=1S/C12H21NO3/c1-8-3-4-11(16-8)7-13-5-10(6-13)9(2)12(14)15/h8-11H,3-7H2,1-2H3,(H,14,15). The van der Waals surface area contributed by atoms with Crippen LogP contribution in [0.4, 0.5) is 0 Å². The van der Waals surface area contributed by atoms with Gasteiger partial charge < -0.3 is 14.7 Å². The van der Waals surface area contributed by atoms with E-state index in [0.717, 1.165) is 32.5 Å². The summed E-state index contributed by atoms with van der Waals surface area (Å²) in [5, 5.41) is 8.88. The van der Waals surface area contributed by atoms with Crippen LogP contribution in [0.1, 0.15) is 26.7 Å². The van der Waals surface area contributed by atoms with E-state index < -0.39 is 5.97 Å². The monoisotopic (exact) mass is 227 g/mol. The number of carboxylic acids is 1. The van der Waals surface area contributed by atoms with Gasteiger partial charge in [-0.2, -0.15) is 0 Å². The Labute approximate surface area is 96.6 Å². The van der Waals surface area contributed by atoms with Crippen LogP contribution in [0.15, 0.2) is 0 Å². The molecule has 0 aliphatic carbocycles. The molecule has 0 amide bonds. The first-order valence-corrected chi connectivity index (χ1v) is 6.17. The fourth-order valence-corrected chi connectivity index (χ4v) is 2.58. The van der Waals surface area contributed by atoms with E-state index in [1.54, 1.807) is 6.92 Å². The van der Waals surface area contributed by atoms with E-state index in [1.807, 2.05) is 0 Å². The quantitative estimate of drug-likeness (QED) is 0.784. The van der Waals surface area contributed by atoms with Crippen LogP contribution >= 0.6 is 0 Å². The Kier molecular flexibility index (Phi) is 3.50. The topological polar surface area (TPSA) is 49.8 Å². The summed E-state index contributed by atoms with van der Waals surface area (Å²) < 4.78 is 5.75. The first-order valence-electron chi connectivity index (χ1n) is 6.17. The summed E-state index contributed by atoms with van der Waals surface area (Å²) in [5.74, 6) is -0.550. The molecule has 0 aromatic heterocycles. The number of rotatable bonds is 4. The number of likely N-dealkylation sites (tertiary alicyclic amines) is 1. The van der Waals surface area contributed by atoms with E-state index in [4.69, 9.17) is 9.84 Å². The summed E-state index contributed by atoms with van der Waals surface area (Å²) >= 11 is 0. The van der Waals surface area contributed by atoms with Crippen LogP contribution in [0.25, 0.3) is 0 Å². The van der Waals surface area contributed by atoms with E-state index in [0.29, 0.717) is 18.1 Å². The van der Waals surface area contributed by atoms with Crippen molar-refractivity contribution in [1.82, 2.24) is 4.90 Å². The van der Waals surface area contributed by atoms with Crippen molar-refractivity contribution in [2.75, 3.05) is 19.6 Å². The third-order valence-electron chi connectivity index (χ3n) is 3.86. The minimum absolute atomic E-state index is 0.209. The number of aliphatic carboxylic acids is 1. The molecule has 16 heavy (non-hydrogen) atoms. The molecular weight excluding hydrogens is 206 g/mol. The van der Waals surface area contributed by atoms with Gasteiger partial charge in [-0.25, -0.2) is 0 Å². The normalized spacial score (nSPS) is 33.6. The number of nitrogens with zero attached hydrogens (tertiary/aromatic N) is 1. The van der Waals surface area contributed by atoms with Crippen molar-refractivity contribution in [2.24, 2.45) is 11.8 Å². The molecule has 0 bridgehead atoms. The van der Waals surface area contributed by atoms with Crippen molar-refractivity contribution >= 4 is 5.97 Å². The lowest BCUT2D eigenvalue weighted by atomic mass is 9.87. The van der Waals surface area contributed by atoms with Gasteiger partial charge in [0.15, 0.2) is 0 Å². The van der Waals surface area contributed by atoms with Gasteiger partial charge in [-0.05, 0) is 25.7 Å². The number of carbonyl (C=O) groups is 1. The molecule has 0 spiro atoms. The average molecular weight is 227 g/mol. The van der Waals surface area contributed by atoms with Crippen LogP contribution in [-0.2, 0) is 9.53 Å². The minimum atomic E-state index is -0.671. The molecular formula is C12H21NO3. The Bertz CT molecular complexity index is 263. The van der Waals surface area contributed by atoms with Crippen molar-refractivity contribution in [3.05, 3.63) is 0 Å². The lowest BCUT2D eigenvalue weighted by Gasteiger charge is -2.42. The summed E-state index contributed by atoms with van der Waals surface area (Å²) in [6.07, 6.45) is 3.08. The lowest BCUT2D eigenvalue weighted by Crippen LogP contribution is -2.53. The molecule has 2 aliphatic heterocycles. The summed E-state index contributed by atoms with van der Waals surface area (Å²) in [7, 11) is 0. The van der Waals surface area contributed by atoms with Crippen molar-refractivity contribution in [2.45, 2.75) is 38.9 Å². The largest absolute Gasteiger partial charge is 0.481 e. The molecule has 4 heteroatoms. The van der Waals surface area contributed by atoms with Gasteiger partial charge in [0.2, 0.25) is 0 Å². The molecule has 0 aromatic carbocycles. The van der Waals surface area contributed by atoms with Crippen LogP contribution in [0.2, 0.25) is 0 Å². The molecule has 0 saturated carbocycles. The molecule has 2 saturated heterocycles. The maximum absolute atomic E-state index is 10.8. The van der Waals surface area contributed by atoms with Gasteiger partial charge in [0.1, 0.15) is 0 Å². The Morgan fingerprint density at radius 3 is 2.69 bits per heavy atom. The summed E-state index contributed by atoms with van der Waals surface area (Å²) in [6, 6.07) is 0. The van der Waals surface area contributed by atoms with Gasteiger partial charge in [-0.3, -0.25) is 4.79 Å². The molecule has 0 aromatic rings. The predicted molar refractivity (Wildman–Crippen MR) is 60.3 cm³/mol. The molecule has 1 N–H and O–H groups in total. The van der Waals surface area contributed by atoms with Crippen LogP contribution < -0.4 is 0 Å². The number of hydrogen-bond donors (Lipinski definition) is 1. The molecule has 4 nitrogen and oxygen atoms in total. The Morgan fingerprint density at radius 1 is 1.50 bits per heavy atom. The Balaban J connectivity index is 1.67. The smallest absolute Gasteiger partial charge is 0.306 e. The van der Waals surface area contributed by atoms with Gasteiger partial charge in [0.25, 0.3) is 0 Å². The molecule has 2 fully saturated rings. The molecule has 2 rings (SSSR count). The highest BCUT2D eigenvalue weighted by atomic mass is 16.5. The predicted octanol–water partition coefficient (Wildman–Crippen LogP) is 1.21. The van der Waals surface area contributed by atoms with Gasteiger partial charge in [-0.1, -0.05) is 6.92 Å². The van der Waals surface area contributed by atoms with E-state index >= 15 is 0 Å². The molecule has 2 heterocycles. The number of carboxylic acid groups (broad SMARTS) is 1. The minimum Gasteiger partial charge on any atom is -0.481 e. The first kappa shape index (κ1) is 11.9. The third kappa shape index (κ3) is 2.55. The molecule has 3 unspecified atom stereocenters. The SMILES string of the molecule is CC1CCC(CN2CC(C(C)C(=O)O)C2)O1. The molecule has 2 aliphatic rings. The fraction of sp³-hybridized carbons (Fsp3) is 0.917. The summed E-state index contributed by atoms with van der Waals surface area (Å²) in [4.78, 5) is 13.1. The maximum atomic E-state index is 10.8. The highest BCUT2D eigenvalue weighted by Crippen LogP contribution is 2.27. The highest BCUT2D eigenvalue weighted by Gasteiger charge is 2.36. The van der Waals surface area contributed by atoms with E-state index in [9.17, 15) is 4.79 Å². The Hall–Kier alpha value is -0.610. The van der Waals surface area contributed by atoms with Crippen molar-refractivity contribution < 1.29 is 14.6 Å². The third-order valence-corrected chi connectivity index (χ3v) is 3.86. The number of hydrogen-bond acceptors (Lipinski definition) is 3. The second-order valence-electron chi connectivity index (χ2n) is 5.25. The van der Waals surface area contributed by atoms with Gasteiger partial charge in [0.05, 0.1) is 18.1 Å². The maximum Gasteiger partial charge on any atom is 0.306 e. The zero-order valence-electron chi connectivity index (χ0n) is 10.1. The van der Waals surface area contributed by atoms with Crippen molar-refractivity contribution in [3.8, 4) is 0 Å². The van der Waals surface area contributed by atoms with Crippen LogP contribution in [-0.4, -0.2) is 47.8 Å². The zero-order valence-corrected chi connectivity index (χ0v) is 10.1. The van der Waals surface area contributed by atoms with Crippen LogP contribution in [0.3, 0.4) is 0 Å². The second kappa shape index (κ2) is 4.72. The fourth-order valence-electron chi connectivity index (χ4n) is 2.58. The van der Waals surface area contributed by atoms with Crippen LogP contribution in [0.5, 0.6) is 0 Å². The number of ether oxygens (including phenoxy) is 1. The molecule has 92 valence electrons. The average Bonchev–Trinajstić information content (AvgIpc) is 2.56. The second-order valence-corrected chi connectivity index (χ2v) is 5.25. The Morgan fingerprint density at radius 2 is 2.19 bits per heavy atom. The molecule has 3 atom stereocenters. The van der Waals surface area contributed by atoms with E-state index in [2.05, 4.69) is 11.8 Å². The zero-order chi connectivity index (χ0) is 11.7. The summed E-state index contributed by atoms with van der Waals surface area (Å²) in [6.45, 7) is 6.74. The van der Waals surface area contributed by atoms with E-state index in [-0.39, 0.29) is 5.92 Å². The summed E-state index contributed by atoms with van der Waals surface area (Å²) in [5.41, 5.74) is 0. The van der Waals surface area contributed by atoms with Gasteiger partial charge in [0, 0.05) is 19.6 Å². The van der Waals surface area contributed by atoms with E-state index in [1.165, 1.54) is 0 Å². The van der Waals surface area contributed by atoms with Crippen molar-refractivity contribution in [1.29, 1.82) is 0 Å². The lowest BCUT2D eigenvalue weighted by molar-refractivity contribution is -0.145. The first-order chi connectivity index (χ1) is 7.56. The molecule has 0 radical (unpaired) electrons.